The number of anilines is 1. The number of benzene rings is 3. The summed E-state index contributed by atoms with van der Waals surface area (Å²) in [7, 11) is 4.01. The molecule has 2 N–H and O–H groups in total. The van der Waals surface area contributed by atoms with Crippen LogP contribution in [0.15, 0.2) is 79.1 Å². The first-order chi connectivity index (χ1) is 19.5. The molecule has 9 nitrogen and oxygen atoms in total. The summed E-state index contributed by atoms with van der Waals surface area (Å²) in [6.07, 6.45) is 4.87. The maximum atomic E-state index is 12.2. The predicted octanol–water partition coefficient (Wildman–Crippen LogP) is 6.16. The van der Waals surface area contributed by atoms with Crippen LogP contribution < -0.4 is 14.8 Å². The molecule has 0 saturated carbocycles. The molecule has 0 aliphatic heterocycles. The summed E-state index contributed by atoms with van der Waals surface area (Å²) >= 11 is 0. The molecule has 0 aliphatic carbocycles. The summed E-state index contributed by atoms with van der Waals surface area (Å²) in [4.78, 5) is 23.9. The highest BCUT2D eigenvalue weighted by atomic mass is 16.5. The van der Waals surface area contributed by atoms with Gasteiger partial charge < -0.3 is 19.7 Å². The second kappa shape index (κ2) is 12.4. The van der Waals surface area contributed by atoms with Crippen LogP contribution >= 0.6 is 0 Å². The standard InChI is InChI=1S/C31H32N6O3/c1-4-6-29(38)34-24-8-5-7-22(17-24)30-35-28-14-13-26(39-16-15-37(2)3)18-27(28)31(36-30)40-25-11-9-21(10-12-25)23-19-32-33-20-23/h5,7-14,17-20H,4,6,15-16H2,1-3H3,(H,32,33)(H,34,38). The number of rotatable bonds is 11. The van der Waals surface area contributed by atoms with Crippen LogP contribution in [0.3, 0.4) is 0 Å². The molecule has 0 atom stereocenters. The molecule has 0 fully saturated rings. The van der Waals surface area contributed by atoms with E-state index in [1.807, 2.05) is 93.9 Å². The van der Waals surface area contributed by atoms with Crippen molar-refractivity contribution in [3.63, 3.8) is 0 Å². The summed E-state index contributed by atoms with van der Waals surface area (Å²) < 4.78 is 12.3. The van der Waals surface area contributed by atoms with Crippen molar-refractivity contribution >= 4 is 22.5 Å². The van der Waals surface area contributed by atoms with Crippen molar-refractivity contribution in [1.29, 1.82) is 0 Å². The minimum Gasteiger partial charge on any atom is -0.492 e. The fourth-order valence-corrected chi connectivity index (χ4v) is 4.14. The number of fused-ring (bicyclic) bond motifs is 1. The van der Waals surface area contributed by atoms with E-state index >= 15 is 0 Å². The van der Waals surface area contributed by atoms with E-state index in [9.17, 15) is 4.79 Å². The van der Waals surface area contributed by atoms with Gasteiger partial charge in [-0.15, -0.1) is 0 Å². The molecule has 5 aromatic rings. The summed E-state index contributed by atoms with van der Waals surface area (Å²) in [6, 6.07) is 21.0. The Kier molecular flexibility index (Phi) is 8.32. The molecule has 40 heavy (non-hydrogen) atoms. The van der Waals surface area contributed by atoms with Crippen LogP contribution in [0.2, 0.25) is 0 Å². The van der Waals surface area contributed by atoms with Gasteiger partial charge in [0.15, 0.2) is 5.82 Å². The SMILES string of the molecule is CCCC(=O)Nc1cccc(-c2nc(Oc3ccc(-c4cn[nH]c4)cc3)c3cc(OCCN(C)C)ccc3n2)c1. The number of aromatic nitrogens is 4. The highest BCUT2D eigenvalue weighted by Crippen LogP contribution is 2.34. The third-order valence-electron chi connectivity index (χ3n) is 6.22. The van der Waals surface area contributed by atoms with Gasteiger partial charge in [-0.05, 0) is 68.5 Å². The number of nitrogens with one attached hydrogen (secondary N) is 2. The molecule has 0 spiro atoms. The number of hydrogen-bond acceptors (Lipinski definition) is 7. The lowest BCUT2D eigenvalue weighted by molar-refractivity contribution is -0.116. The molecule has 2 heterocycles. The van der Waals surface area contributed by atoms with Crippen LogP contribution in [0.4, 0.5) is 5.69 Å². The van der Waals surface area contributed by atoms with Crippen LogP contribution in [-0.4, -0.2) is 58.2 Å². The lowest BCUT2D eigenvalue weighted by Crippen LogP contribution is -2.19. The predicted molar refractivity (Wildman–Crippen MR) is 157 cm³/mol. The fraction of sp³-hybridized carbons (Fsp3) is 0.226. The van der Waals surface area contributed by atoms with Crippen molar-refractivity contribution in [1.82, 2.24) is 25.1 Å². The van der Waals surface area contributed by atoms with Crippen LogP contribution in [-0.2, 0) is 4.79 Å². The zero-order valence-corrected chi connectivity index (χ0v) is 22.8. The summed E-state index contributed by atoms with van der Waals surface area (Å²) in [6.45, 7) is 3.33. The Morgan fingerprint density at radius 2 is 1.77 bits per heavy atom. The maximum absolute atomic E-state index is 12.2. The lowest BCUT2D eigenvalue weighted by atomic mass is 10.1. The van der Waals surface area contributed by atoms with Gasteiger partial charge in [0.2, 0.25) is 11.8 Å². The van der Waals surface area contributed by atoms with Gasteiger partial charge in [-0.1, -0.05) is 31.2 Å². The summed E-state index contributed by atoms with van der Waals surface area (Å²) in [5, 5.41) is 10.5. The molecule has 0 saturated heterocycles. The fourth-order valence-electron chi connectivity index (χ4n) is 4.14. The first kappa shape index (κ1) is 26.8. The van der Waals surface area contributed by atoms with Crippen molar-refractivity contribution in [3.8, 4) is 39.9 Å². The monoisotopic (exact) mass is 536 g/mol. The van der Waals surface area contributed by atoms with Gasteiger partial charge in [-0.2, -0.15) is 10.1 Å². The van der Waals surface area contributed by atoms with Gasteiger partial charge in [0.1, 0.15) is 18.1 Å². The second-order valence-corrected chi connectivity index (χ2v) is 9.68. The van der Waals surface area contributed by atoms with E-state index < -0.39 is 0 Å². The number of amides is 1. The molecule has 0 radical (unpaired) electrons. The van der Waals surface area contributed by atoms with E-state index in [0.717, 1.165) is 40.6 Å². The van der Waals surface area contributed by atoms with Gasteiger partial charge in [0, 0.05) is 36.0 Å². The largest absolute Gasteiger partial charge is 0.492 e. The number of likely N-dealkylation sites (N-methyl/N-ethyl adjacent to an activating group) is 1. The van der Waals surface area contributed by atoms with Crippen molar-refractivity contribution in [2.45, 2.75) is 19.8 Å². The number of ether oxygens (including phenoxy) is 2. The molecule has 3 aromatic carbocycles. The molecular weight excluding hydrogens is 504 g/mol. The van der Waals surface area contributed by atoms with E-state index in [2.05, 4.69) is 20.4 Å². The Bertz CT molecular complexity index is 1580. The van der Waals surface area contributed by atoms with Crippen molar-refractivity contribution in [3.05, 3.63) is 79.1 Å². The van der Waals surface area contributed by atoms with Gasteiger partial charge in [0.05, 0.1) is 17.1 Å². The Morgan fingerprint density at radius 1 is 0.950 bits per heavy atom. The van der Waals surface area contributed by atoms with Crippen molar-refractivity contribution in [2.75, 3.05) is 32.6 Å². The van der Waals surface area contributed by atoms with Gasteiger partial charge in [0.25, 0.3) is 0 Å². The third kappa shape index (κ3) is 6.62. The Morgan fingerprint density at radius 3 is 2.52 bits per heavy atom. The maximum Gasteiger partial charge on any atom is 0.230 e. The zero-order chi connectivity index (χ0) is 27.9. The topological polar surface area (TPSA) is 105 Å². The smallest absolute Gasteiger partial charge is 0.230 e. The summed E-state index contributed by atoms with van der Waals surface area (Å²) in [5.74, 6) is 2.23. The van der Waals surface area contributed by atoms with Crippen molar-refractivity contribution in [2.24, 2.45) is 0 Å². The molecule has 204 valence electrons. The summed E-state index contributed by atoms with van der Waals surface area (Å²) in [5.41, 5.74) is 4.19. The molecule has 0 bridgehead atoms. The normalized spacial score (nSPS) is 11.1. The van der Waals surface area contributed by atoms with Crippen LogP contribution in [0.1, 0.15) is 19.8 Å². The minimum atomic E-state index is -0.0243. The third-order valence-corrected chi connectivity index (χ3v) is 6.22. The molecule has 1 amide bonds. The number of hydrogen-bond donors (Lipinski definition) is 2. The zero-order valence-electron chi connectivity index (χ0n) is 22.8. The lowest BCUT2D eigenvalue weighted by Gasteiger charge is -2.14. The minimum absolute atomic E-state index is 0.0243. The van der Waals surface area contributed by atoms with Crippen molar-refractivity contribution < 1.29 is 14.3 Å². The Balaban J connectivity index is 1.50. The Labute approximate surface area is 233 Å². The second-order valence-electron chi connectivity index (χ2n) is 9.68. The number of nitrogens with zero attached hydrogens (tertiary/aromatic N) is 4. The molecule has 0 aliphatic rings. The average Bonchev–Trinajstić information content (AvgIpc) is 3.49. The van der Waals surface area contributed by atoms with E-state index in [1.165, 1.54) is 0 Å². The first-order valence-electron chi connectivity index (χ1n) is 13.2. The Hall–Kier alpha value is -4.76. The molecular formula is C31H32N6O3. The van der Waals surface area contributed by atoms with E-state index in [4.69, 9.17) is 19.4 Å². The number of aromatic amines is 1. The first-order valence-corrected chi connectivity index (χ1v) is 13.2. The van der Waals surface area contributed by atoms with E-state index in [1.54, 1.807) is 6.20 Å². The number of H-pyrrole nitrogens is 1. The molecule has 2 aromatic heterocycles. The number of carbonyl (C=O) groups excluding carboxylic acids is 1. The number of carbonyl (C=O) groups is 1. The van der Waals surface area contributed by atoms with Gasteiger partial charge >= 0.3 is 0 Å². The van der Waals surface area contributed by atoms with E-state index in [0.29, 0.717) is 41.9 Å². The van der Waals surface area contributed by atoms with Gasteiger partial charge in [-0.3, -0.25) is 9.89 Å². The van der Waals surface area contributed by atoms with Crippen LogP contribution in [0.25, 0.3) is 33.4 Å². The average molecular weight is 537 g/mol. The van der Waals surface area contributed by atoms with Crippen LogP contribution in [0.5, 0.6) is 17.4 Å². The molecule has 0 unspecified atom stereocenters. The highest BCUT2D eigenvalue weighted by Gasteiger charge is 2.14. The van der Waals surface area contributed by atoms with Gasteiger partial charge in [-0.25, -0.2) is 4.98 Å². The molecule has 9 heteroatoms. The quantitative estimate of drug-likeness (QED) is 0.208. The van der Waals surface area contributed by atoms with Crippen LogP contribution in [0, 0.1) is 0 Å². The highest BCUT2D eigenvalue weighted by molar-refractivity contribution is 5.91. The molecule has 5 rings (SSSR count). The van der Waals surface area contributed by atoms with E-state index in [-0.39, 0.29) is 5.91 Å².